The number of aromatic nitrogens is 2. The van der Waals surface area contributed by atoms with Crippen molar-refractivity contribution in [1.82, 2.24) is 9.97 Å². The third kappa shape index (κ3) is 4.15. The molecule has 0 atom stereocenters. The summed E-state index contributed by atoms with van der Waals surface area (Å²) in [6.07, 6.45) is 1.52. The molecule has 0 unspecified atom stereocenters. The van der Waals surface area contributed by atoms with Gasteiger partial charge >= 0.3 is 0 Å². The first kappa shape index (κ1) is 17.6. The molecule has 5 nitrogen and oxygen atoms in total. The zero-order chi connectivity index (χ0) is 18.8. The molecule has 27 heavy (non-hydrogen) atoms. The second-order valence-electron chi connectivity index (χ2n) is 5.47. The van der Waals surface area contributed by atoms with E-state index in [-0.39, 0.29) is 23.3 Å². The van der Waals surface area contributed by atoms with E-state index in [0.717, 1.165) is 11.8 Å². The topological polar surface area (TPSA) is 68.0 Å². The minimum atomic E-state index is -0.347. The first-order valence-electron chi connectivity index (χ1n) is 7.77. The van der Waals surface area contributed by atoms with Crippen molar-refractivity contribution in [1.29, 1.82) is 0 Å². The summed E-state index contributed by atoms with van der Waals surface area (Å²) >= 11 is 2.33. The second kappa shape index (κ2) is 7.45. The third-order valence-electron chi connectivity index (χ3n) is 3.54. The van der Waals surface area contributed by atoms with Gasteiger partial charge in [0.15, 0.2) is 10.9 Å². The Kier molecular flexibility index (Phi) is 4.87. The summed E-state index contributed by atoms with van der Waals surface area (Å²) in [6.45, 7) is 0. The molecule has 0 aliphatic rings. The molecule has 0 bridgehead atoms. The number of amides is 1. The Morgan fingerprint density at radius 2 is 1.93 bits per heavy atom. The van der Waals surface area contributed by atoms with E-state index in [1.54, 1.807) is 18.2 Å². The number of thiazole rings is 1. The van der Waals surface area contributed by atoms with Crippen molar-refractivity contribution in [2.75, 3.05) is 11.1 Å². The Balaban J connectivity index is 1.36. The predicted molar refractivity (Wildman–Crippen MR) is 101 cm³/mol. The molecule has 2 aromatic carbocycles. The van der Waals surface area contributed by atoms with Crippen LogP contribution in [0, 0.1) is 11.6 Å². The van der Waals surface area contributed by atoms with Gasteiger partial charge in [0.25, 0.3) is 5.22 Å². The fraction of sp³-hybridized carbons (Fsp3) is 0.0556. The summed E-state index contributed by atoms with van der Waals surface area (Å²) in [5.74, 6) is -0.386. The van der Waals surface area contributed by atoms with Gasteiger partial charge in [0, 0.05) is 5.56 Å². The van der Waals surface area contributed by atoms with Crippen LogP contribution in [0.25, 0.3) is 21.5 Å². The van der Waals surface area contributed by atoms with E-state index >= 15 is 0 Å². The Labute approximate surface area is 160 Å². The number of fused-ring (bicyclic) bond motifs is 1. The standard InChI is InChI=1S/C18H11F2N3O2S2/c19-11-3-1-10(2-4-11)14-8-21-18(25-14)26-9-16(24)23-17-22-13-6-5-12(20)7-15(13)27-17/h1-8H,9H2,(H,22,23,24). The molecule has 0 radical (unpaired) electrons. The lowest BCUT2D eigenvalue weighted by molar-refractivity contribution is -0.113. The normalized spacial score (nSPS) is 11.0. The molecule has 0 aliphatic carbocycles. The minimum Gasteiger partial charge on any atom is -0.431 e. The summed E-state index contributed by atoms with van der Waals surface area (Å²) in [6, 6.07) is 10.1. The fourth-order valence-corrected chi connectivity index (χ4v) is 3.82. The quantitative estimate of drug-likeness (QED) is 0.477. The van der Waals surface area contributed by atoms with E-state index in [1.807, 2.05) is 0 Å². The lowest BCUT2D eigenvalue weighted by atomic mass is 10.2. The summed E-state index contributed by atoms with van der Waals surface area (Å²) in [7, 11) is 0. The average molecular weight is 403 g/mol. The molecule has 0 aliphatic heterocycles. The molecule has 2 aromatic heterocycles. The summed E-state index contributed by atoms with van der Waals surface area (Å²) in [5, 5.41) is 3.41. The van der Waals surface area contributed by atoms with Crippen LogP contribution in [0.2, 0.25) is 0 Å². The number of hydrogen-bond donors (Lipinski definition) is 1. The van der Waals surface area contributed by atoms with Crippen molar-refractivity contribution < 1.29 is 18.0 Å². The molecule has 0 saturated heterocycles. The van der Waals surface area contributed by atoms with Crippen LogP contribution in [0.4, 0.5) is 13.9 Å². The van der Waals surface area contributed by atoms with Crippen LogP contribution in [0.5, 0.6) is 0 Å². The lowest BCUT2D eigenvalue weighted by Gasteiger charge is -1.99. The van der Waals surface area contributed by atoms with E-state index in [4.69, 9.17) is 4.42 Å². The van der Waals surface area contributed by atoms with Crippen molar-refractivity contribution in [3.8, 4) is 11.3 Å². The Hall–Kier alpha value is -2.78. The Morgan fingerprint density at radius 1 is 1.15 bits per heavy atom. The Morgan fingerprint density at radius 3 is 2.74 bits per heavy atom. The van der Waals surface area contributed by atoms with Gasteiger partial charge in [-0.15, -0.1) is 0 Å². The van der Waals surface area contributed by atoms with Gasteiger partial charge in [-0.2, -0.15) is 0 Å². The highest BCUT2D eigenvalue weighted by Crippen LogP contribution is 2.28. The SMILES string of the molecule is O=C(CSc1ncc(-c2ccc(F)cc2)o1)Nc1nc2ccc(F)cc2s1. The van der Waals surface area contributed by atoms with E-state index in [2.05, 4.69) is 15.3 Å². The van der Waals surface area contributed by atoms with Gasteiger partial charge in [0.05, 0.1) is 22.2 Å². The lowest BCUT2D eigenvalue weighted by Crippen LogP contribution is -2.13. The zero-order valence-electron chi connectivity index (χ0n) is 13.6. The van der Waals surface area contributed by atoms with Crippen LogP contribution in [-0.2, 0) is 4.79 Å². The third-order valence-corrected chi connectivity index (χ3v) is 5.31. The van der Waals surface area contributed by atoms with E-state index in [1.165, 1.54) is 41.8 Å². The fourth-order valence-electron chi connectivity index (χ4n) is 2.31. The van der Waals surface area contributed by atoms with Gasteiger partial charge in [0.2, 0.25) is 5.91 Å². The first-order valence-corrected chi connectivity index (χ1v) is 9.57. The second-order valence-corrected chi connectivity index (χ2v) is 7.42. The van der Waals surface area contributed by atoms with Crippen LogP contribution in [-0.4, -0.2) is 21.6 Å². The van der Waals surface area contributed by atoms with Crippen LogP contribution < -0.4 is 5.32 Å². The van der Waals surface area contributed by atoms with Gasteiger partial charge in [-0.05, 0) is 42.5 Å². The largest absolute Gasteiger partial charge is 0.431 e. The average Bonchev–Trinajstić information content (AvgIpc) is 3.26. The van der Waals surface area contributed by atoms with Crippen molar-refractivity contribution in [3.05, 3.63) is 60.3 Å². The van der Waals surface area contributed by atoms with E-state index in [0.29, 0.717) is 31.9 Å². The predicted octanol–water partition coefficient (Wildman–Crippen LogP) is 4.96. The maximum absolute atomic E-state index is 13.2. The smallest absolute Gasteiger partial charge is 0.256 e. The molecule has 0 fully saturated rings. The number of thioether (sulfide) groups is 1. The van der Waals surface area contributed by atoms with Crippen molar-refractivity contribution in [2.45, 2.75) is 5.22 Å². The number of oxazole rings is 1. The molecule has 2 heterocycles. The highest BCUT2D eigenvalue weighted by atomic mass is 32.2. The summed E-state index contributed by atoms with van der Waals surface area (Å²) < 4.78 is 32.4. The minimum absolute atomic E-state index is 0.0770. The van der Waals surface area contributed by atoms with Crippen LogP contribution in [0.1, 0.15) is 0 Å². The molecular formula is C18H11F2N3O2S2. The van der Waals surface area contributed by atoms with Crippen molar-refractivity contribution >= 4 is 44.4 Å². The number of hydrogen-bond acceptors (Lipinski definition) is 6. The maximum Gasteiger partial charge on any atom is 0.256 e. The van der Waals surface area contributed by atoms with Crippen LogP contribution in [0.15, 0.2) is 58.3 Å². The number of benzene rings is 2. The first-order chi connectivity index (χ1) is 13.1. The number of carbonyl (C=O) groups is 1. The van der Waals surface area contributed by atoms with Gasteiger partial charge in [0.1, 0.15) is 11.6 Å². The summed E-state index contributed by atoms with van der Waals surface area (Å²) in [5.41, 5.74) is 1.32. The number of nitrogens with one attached hydrogen (secondary N) is 1. The number of anilines is 1. The van der Waals surface area contributed by atoms with Crippen LogP contribution in [0.3, 0.4) is 0 Å². The molecule has 0 saturated carbocycles. The molecule has 4 rings (SSSR count). The Bertz CT molecular complexity index is 1110. The molecule has 136 valence electrons. The highest BCUT2D eigenvalue weighted by Gasteiger charge is 2.12. The molecule has 0 spiro atoms. The van der Waals surface area contributed by atoms with Gasteiger partial charge < -0.3 is 9.73 Å². The van der Waals surface area contributed by atoms with E-state index in [9.17, 15) is 13.6 Å². The van der Waals surface area contributed by atoms with Gasteiger partial charge in [-0.25, -0.2) is 18.7 Å². The highest BCUT2D eigenvalue weighted by molar-refractivity contribution is 7.99. The van der Waals surface area contributed by atoms with E-state index < -0.39 is 0 Å². The maximum atomic E-state index is 13.2. The number of halogens is 2. The number of nitrogens with zero attached hydrogens (tertiary/aromatic N) is 2. The molecule has 1 N–H and O–H groups in total. The number of carbonyl (C=O) groups excluding carboxylic acids is 1. The molecule has 1 amide bonds. The molecule has 9 heteroatoms. The molecule has 4 aromatic rings. The van der Waals surface area contributed by atoms with Gasteiger partial charge in [-0.1, -0.05) is 23.1 Å². The van der Waals surface area contributed by atoms with Gasteiger partial charge in [-0.3, -0.25) is 4.79 Å². The summed E-state index contributed by atoms with van der Waals surface area (Å²) in [4.78, 5) is 20.4. The van der Waals surface area contributed by atoms with Crippen molar-refractivity contribution in [3.63, 3.8) is 0 Å². The molecular weight excluding hydrogens is 392 g/mol. The van der Waals surface area contributed by atoms with Crippen molar-refractivity contribution in [2.24, 2.45) is 0 Å². The zero-order valence-corrected chi connectivity index (χ0v) is 15.2. The van der Waals surface area contributed by atoms with Crippen LogP contribution >= 0.6 is 23.1 Å². The number of rotatable bonds is 5. The monoisotopic (exact) mass is 403 g/mol.